The summed E-state index contributed by atoms with van der Waals surface area (Å²) in [7, 11) is 1.90. The third kappa shape index (κ3) is 2.42. The Kier molecular flexibility index (Phi) is 2.76. The molecule has 0 atom stereocenters. The second-order valence-electron chi connectivity index (χ2n) is 3.99. The number of nitrogens with zero attached hydrogens (tertiary/aromatic N) is 5. The van der Waals surface area contributed by atoms with E-state index in [9.17, 15) is 0 Å². The second-order valence-corrected chi connectivity index (χ2v) is 5.36. The van der Waals surface area contributed by atoms with Crippen LogP contribution in [0.4, 0.5) is 0 Å². The average Bonchev–Trinajstić information content (AvgIpc) is 3.05. The molecule has 7 heteroatoms. The van der Waals surface area contributed by atoms with Crippen molar-refractivity contribution < 1.29 is 0 Å². The van der Waals surface area contributed by atoms with Crippen LogP contribution in [0.1, 0.15) is 24.6 Å². The summed E-state index contributed by atoms with van der Waals surface area (Å²) in [5.74, 6) is 1.34. The summed E-state index contributed by atoms with van der Waals surface area (Å²) >= 11 is 7.44. The van der Waals surface area contributed by atoms with Crippen molar-refractivity contribution >= 4 is 23.4 Å². The van der Waals surface area contributed by atoms with Crippen molar-refractivity contribution in [3.8, 4) is 0 Å². The van der Waals surface area contributed by atoms with Crippen LogP contribution in [0.25, 0.3) is 0 Å². The van der Waals surface area contributed by atoms with E-state index in [0.29, 0.717) is 11.1 Å². The van der Waals surface area contributed by atoms with Gasteiger partial charge in [0.05, 0.1) is 0 Å². The lowest BCUT2D eigenvalue weighted by molar-refractivity contribution is 0.784. The van der Waals surface area contributed by atoms with Crippen LogP contribution in [0.5, 0.6) is 0 Å². The zero-order chi connectivity index (χ0) is 11.8. The first kappa shape index (κ1) is 11.0. The minimum absolute atomic E-state index is 0.492. The van der Waals surface area contributed by atoms with Crippen molar-refractivity contribution in [3.05, 3.63) is 23.4 Å². The Labute approximate surface area is 108 Å². The molecule has 0 unspecified atom stereocenters. The van der Waals surface area contributed by atoms with Gasteiger partial charge < -0.3 is 4.57 Å². The Morgan fingerprint density at radius 1 is 1.41 bits per heavy atom. The van der Waals surface area contributed by atoms with E-state index in [1.807, 2.05) is 11.6 Å². The third-order valence-corrected chi connectivity index (χ3v) is 3.66. The van der Waals surface area contributed by atoms with Crippen LogP contribution in [0, 0.1) is 0 Å². The molecule has 1 saturated carbocycles. The van der Waals surface area contributed by atoms with Gasteiger partial charge in [-0.3, -0.25) is 0 Å². The van der Waals surface area contributed by atoms with Gasteiger partial charge >= 0.3 is 0 Å². The predicted molar refractivity (Wildman–Crippen MR) is 64.1 cm³/mol. The highest BCUT2D eigenvalue weighted by Gasteiger charge is 2.27. The van der Waals surface area contributed by atoms with Crippen molar-refractivity contribution in [1.82, 2.24) is 24.7 Å². The van der Waals surface area contributed by atoms with Crippen molar-refractivity contribution in [2.45, 2.75) is 28.9 Å². The van der Waals surface area contributed by atoms with Crippen LogP contribution in [-0.4, -0.2) is 24.7 Å². The summed E-state index contributed by atoms with van der Waals surface area (Å²) in [6, 6.07) is 1.76. The molecule has 0 aliphatic heterocycles. The molecule has 0 radical (unpaired) electrons. The molecule has 1 fully saturated rings. The van der Waals surface area contributed by atoms with E-state index in [-0.39, 0.29) is 0 Å². The summed E-state index contributed by atoms with van der Waals surface area (Å²) in [4.78, 5) is 8.74. The molecule has 0 bridgehead atoms. The molecular formula is C10H10ClN5S. The summed E-state index contributed by atoms with van der Waals surface area (Å²) in [5.41, 5.74) is 0. The van der Waals surface area contributed by atoms with Crippen molar-refractivity contribution in [3.63, 3.8) is 0 Å². The second kappa shape index (κ2) is 4.27. The zero-order valence-electron chi connectivity index (χ0n) is 9.17. The molecule has 2 aromatic heterocycles. The fraction of sp³-hybridized carbons (Fsp3) is 0.400. The topological polar surface area (TPSA) is 56.5 Å². The number of halogens is 1. The van der Waals surface area contributed by atoms with Crippen LogP contribution in [0.3, 0.4) is 0 Å². The highest BCUT2D eigenvalue weighted by molar-refractivity contribution is 7.99. The molecular weight excluding hydrogens is 258 g/mol. The molecule has 0 spiro atoms. The normalized spacial score (nSPS) is 15.2. The van der Waals surface area contributed by atoms with Crippen LogP contribution in [0.2, 0.25) is 5.15 Å². The maximum Gasteiger partial charge on any atom is 0.197 e. The minimum atomic E-state index is 0.492. The first-order chi connectivity index (χ1) is 8.22. The first-order valence-corrected chi connectivity index (χ1v) is 6.48. The van der Waals surface area contributed by atoms with E-state index in [0.717, 1.165) is 28.8 Å². The highest BCUT2D eigenvalue weighted by atomic mass is 35.5. The molecule has 88 valence electrons. The molecule has 0 amide bonds. The predicted octanol–water partition coefficient (Wildman–Crippen LogP) is 2.29. The van der Waals surface area contributed by atoms with Crippen molar-refractivity contribution in [2.75, 3.05) is 0 Å². The molecule has 17 heavy (non-hydrogen) atoms. The van der Waals surface area contributed by atoms with E-state index in [4.69, 9.17) is 11.6 Å². The Morgan fingerprint density at radius 3 is 2.88 bits per heavy atom. The Bertz CT molecular complexity index is 551. The Hall–Kier alpha value is -1.14. The van der Waals surface area contributed by atoms with Gasteiger partial charge in [0.1, 0.15) is 22.3 Å². The smallest absolute Gasteiger partial charge is 0.197 e. The monoisotopic (exact) mass is 267 g/mol. The Morgan fingerprint density at radius 2 is 2.24 bits per heavy atom. The van der Waals surface area contributed by atoms with Crippen molar-refractivity contribution in [1.29, 1.82) is 0 Å². The maximum atomic E-state index is 5.99. The van der Waals surface area contributed by atoms with Gasteiger partial charge in [-0.25, -0.2) is 9.97 Å². The lowest BCUT2D eigenvalue weighted by atomic mass is 10.4. The standard InChI is InChI=1S/C10H10ClN5S/c1-16-5-12-15-10(16)17-8-4-7(11)13-9(14-8)6-2-3-6/h4-6H,2-3H2,1H3. The van der Waals surface area contributed by atoms with Gasteiger partial charge in [0, 0.05) is 19.0 Å². The number of aromatic nitrogens is 5. The number of rotatable bonds is 3. The van der Waals surface area contributed by atoms with Crippen LogP contribution < -0.4 is 0 Å². The summed E-state index contributed by atoms with van der Waals surface area (Å²) < 4.78 is 1.84. The van der Waals surface area contributed by atoms with Gasteiger partial charge in [-0.2, -0.15) is 0 Å². The van der Waals surface area contributed by atoms with Gasteiger partial charge in [-0.05, 0) is 24.6 Å². The molecule has 0 N–H and O–H groups in total. The number of aryl methyl sites for hydroxylation is 1. The fourth-order valence-corrected chi connectivity index (χ4v) is 2.48. The molecule has 0 saturated heterocycles. The van der Waals surface area contributed by atoms with E-state index in [2.05, 4.69) is 20.2 Å². The van der Waals surface area contributed by atoms with Crippen LogP contribution >= 0.6 is 23.4 Å². The molecule has 1 aliphatic carbocycles. The van der Waals surface area contributed by atoms with E-state index in [1.54, 1.807) is 12.4 Å². The average molecular weight is 268 g/mol. The fourth-order valence-electron chi connectivity index (χ4n) is 1.45. The lowest BCUT2D eigenvalue weighted by Crippen LogP contribution is -1.96. The zero-order valence-corrected chi connectivity index (χ0v) is 10.7. The molecule has 1 aliphatic rings. The van der Waals surface area contributed by atoms with E-state index < -0.39 is 0 Å². The van der Waals surface area contributed by atoms with Crippen LogP contribution in [0.15, 0.2) is 22.6 Å². The largest absolute Gasteiger partial charge is 0.311 e. The molecule has 2 heterocycles. The van der Waals surface area contributed by atoms with Crippen LogP contribution in [-0.2, 0) is 7.05 Å². The summed E-state index contributed by atoms with van der Waals surface area (Å²) in [6.07, 6.45) is 3.98. The van der Waals surface area contributed by atoms with Gasteiger partial charge in [-0.1, -0.05) is 11.6 Å². The molecule has 0 aromatic carbocycles. The minimum Gasteiger partial charge on any atom is -0.311 e. The van der Waals surface area contributed by atoms with Crippen molar-refractivity contribution in [2.24, 2.45) is 7.05 Å². The van der Waals surface area contributed by atoms with E-state index >= 15 is 0 Å². The third-order valence-electron chi connectivity index (χ3n) is 2.50. The summed E-state index contributed by atoms with van der Waals surface area (Å²) in [6.45, 7) is 0. The number of hydrogen-bond acceptors (Lipinski definition) is 5. The first-order valence-electron chi connectivity index (χ1n) is 5.29. The molecule has 5 nitrogen and oxygen atoms in total. The maximum absolute atomic E-state index is 5.99. The lowest BCUT2D eigenvalue weighted by Gasteiger charge is -2.03. The van der Waals surface area contributed by atoms with Gasteiger partial charge in [-0.15, -0.1) is 10.2 Å². The van der Waals surface area contributed by atoms with Gasteiger partial charge in [0.2, 0.25) is 0 Å². The molecule has 3 rings (SSSR count). The SMILES string of the molecule is Cn1cnnc1Sc1cc(Cl)nc(C2CC2)n1. The summed E-state index contributed by atoms with van der Waals surface area (Å²) in [5, 5.41) is 9.94. The van der Waals surface area contributed by atoms with Gasteiger partial charge in [0.25, 0.3) is 0 Å². The quantitative estimate of drug-likeness (QED) is 0.799. The highest BCUT2D eigenvalue weighted by Crippen LogP contribution is 2.39. The van der Waals surface area contributed by atoms with Gasteiger partial charge in [0.15, 0.2) is 5.16 Å². The Balaban J connectivity index is 1.89. The molecule has 2 aromatic rings. The number of hydrogen-bond donors (Lipinski definition) is 0. The van der Waals surface area contributed by atoms with E-state index in [1.165, 1.54) is 11.8 Å².